The average Bonchev–Trinajstić information content (AvgIpc) is 2.36. The summed E-state index contributed by atoms with van der Waals surface area (Å²) < 4.78 is 0. The average molecular weight is 243 g/mol. The Bertz CT molecular complexity index is 154. The smallest absolute Gasteiger partial charge is 0.0552 e. The molecule has 104 valence electrons. The minimum atomic E-state index is -0.145. The fraction of sp³-hybridized carbons (Fsp3) is 1.00. The summed E-state index contributed by atoms with van der Waals surface area (Å²) in [4.78, 5) is 0. The molecule has 0 rings (SSSR count). The van der Waals surface area contributed by atoms with Gasteiger partial charge >= 0.3 is 0 Å². The van der Waals surface area contributed by atoms with Gasteiger partial charge in [-0.3, -0.25) is 0 Å². The zero-order chi connectivity index (χ0) is 13.3. The van der Waals surface area contributed by atoms with Crippen molar-refractivity contribution in [1.29, 1.82) is 0 Å². The second kappa shape index (κ2) is 9.90. The maximum atomic E-state index is 9.73. The van der Waals surface area contributed by atoms with Gasteiger partial charge in [0.15, 0.2) is 0 Å². The first-order valence-electron chi connectivity index (χ1n) is 7.51. The van der Waals surface area contributed by atoms with Crippen LogP contribution in [0.3, 0.4) is 0 Å². The Labute approximate surface area is 108 Å². The van der Waals surface area contributed by atoms with E-state index in [4.69, 9.17) is 0 Å². The van der Waals surface area contributed by atoms with Gasteiger partial charge in [0.1, 0.15) is 0 Å². The molecule has 0 bridgehead atoms. The molecular weight excluding hydrogens is 210 g/mol. The molecule has 17 heavy (non-hydrogen) atoms. The van der Waals surface area contributed by atoms with Gasteiger partial charge in [-0.1, -0.05) is 41.0 Å². The van der Waals surface area contributed by atoms with Crippen molar-refractivity contribution in [2.45, 2.75) is 91.3 Å². The number of aliphatic hydroxyl groups excluding tert-OH is 1. The van der Waals surface area contributed by atoms with Crippen LogP contribution in [0.4, 0.5) is 0 Å². The molecule has 0 spiro atoms. The van der Waals surface area contributed by atoms with Crippen molar-refractivity contribution in [2.24, 2.45) is 5.92 Å². The van der Waals surface area contributed by atoms with Crippen LogP contribution in [-0.2, 0) is 0 Å². The van der Waals surface area contributed by atoms with E-state index in [0.717, 1.165) is 25.2 Å². The fourth-order valence-corrected chi connectivity index (χ4v) is 2.19. The Morgan fingerprint density at radius 3 is 1.76 bits per heavy atom. The maximum Gasteiger partial charge on any atom is 0.0552 e. The maximum absolute atomic E-state index is 9.73. The third-order valence-corrected chi connectivity index (χ3v) is 3.87. The first-order chi connectivity index (χ1) is 8.07. The molecule has 0 fully saturated rings. The summed E-state index contributed by atoms with van der Waals surface area (Å²) in [6.07, 6.45) is 6.41. The van der Waals surface area contributed by atoms with E-state index in [1.54, 1.807) is 0 Å². The van der Waals surface area contributed by atoms with Crippen molar-refractivity contribution >= 4 is 0 Å². The quantitative estimate of drug-likeness (QED) is 0.613. The Hall–Kier alpha value is -0.0800. The van der Waals surface area contributed by atoms with E-state index < -0.39 is 0 Å². The van der Waals surface area contributed by atoms with E-state index in [1.165, 1.54) is 19.3 Å². The highest BCUT2D eigenvalue weighted by Crippen LogP contribution is 2.14. The van der Waals surface area contributed by atoms with E-state index in [1.807, 2.05) is 6.92 Å². The Kier molecular flexibility index (Phi) is 9.85. The van der Waals surface area contributed by atoms with E-state index in [2.05, 4.69) is 33.0 Å². The lowest BCUT2D eigenvalue weighted by atomic mass is 9.96. The lowest BCUT2D eigenvalue weighted by Gasteiger charge is -2.27. The summed E-state index contributed by atoms with van der Waals surface area (Å²) in [7, 11) is 0. The van der Waals surface area contributed by atoms with Crippen molar-refractivity contribution < 1.29 is 5.11 Å². The molecule has 0 radical (unpaired) electrons. The summed E-state index contributed by atoms with van der Waals surface area (Å²) in [5.74, 6) is 0.793. The Morgan fingerprint density at radius 1 is 0.824 bits per heavy atom. The summed E-state index contributed by atoms with van der Waals surface area (Å²) in [6, 6.07) is 1.08. The van der Waals surface area contributed by atoms with Crippen LogP contribution in [0.2, 0.25) is 0 Å². The molecule has 2 heteroatoms. The zero-order valence-electron chi connectivity index (χ0n) is 12.5. The summed E-state index contributed by atoms with van der Waals surface area (Å²) in [6.45, 7) is 11.1. The molecule has 4 atom stereocenters. The highest BCUT2D eigenvalue weighted by molar-refractivity contribution is 4.76. The standard InChI is InChI=1S/C15H33NO/c1-6-12(5)10-13(7-2)16-14(8-3)11-15(17)9-4/h12-17H,6-11H2,1-5H3. The molecule has 0 saturated heterocycles. The van der Waals surface area contributed by atoms with Gasteiger partial charge in [-0.25, -0.2) is 0 Å². The van der Waals surface area contributed by atoms with Gasteiger partial charge in [0.05, 0.1) is 6.10 Å². The topological polar surface area (TPSA) is 32.3 Å². The zero-order valence-corrected chi connectivity index (χ0v) is 12.5. The fourth-order valence-electron chi connectivity index (χ4n) is 2.19. The van der Waals surface area contributed by atoms with Gasteiger partial charge < -0.3 is 10.4 Å². The number of aliphatic hydroxyl groups is 1. The molecule has 2 N–H and O–H groups in total. The van der Waals surface area contributed by atoms with Crippen molar-refractivity contribution in [1.82, 2.24) is 5.32 Å². The predicted octanol–water partition coefficient (Wildman–Crippen LogP) is 3.73. The second-order valence-electron chi connectivity index (χ2n) is 5.42. The van der Waals surface area contributed by atoms with Crippen LogP contribution in [0.25, 0.3) is 0 Å². The van der Waals surface area contributed by atoms with Gasteiger partial charge in [-0.2, -0.15) is 0 Å². The molecule has 0 aromatic heterocycles. The molecule has 0 amide bonds. The van der Waals surface area contributed by atoms with E-state index in [0.29, 0.717) is 12.1 Å². The number of hydrogen-bond acceptors (Lipinski definition) is 2. The lowest BCUT2D eigenvalue weighted by molar-refractivity contribution is 0.139. The largest absolute Gasteiger partial charge is 0.393 e. The monoisotopic (exact) mass is 243 g/mol. The summed E-state index contributed by atoms with van der Waals surface area (Å²) >= 11 is 0. The van der Waals surface area contributed by atoms with Crippen LogP contribution < -0.4 is 5.32 Å². The van der Waals surface area contributed by atoms with Crippen LogP contribution in [0.1, 0.15) is 73.1 Å². The van der Waals surface area contributed by atoms with Crippen LogP contribution in [0.15, 0.2) is 0 Å². The molecule has 0 aliphatic rings. The molecule has 0 aromatic rings. The van der Waals surface area contributed by atoms with Crippen LogP contribution in [0, 0.1) is 5.92 Å². The van der Waals surface area contributed by atoms with Gasteiger partial charge in [0.2, 0.25) is 0 Å². The molecular formula is C15H33NO. The second-order valence-corrected chi connectivity index (χ2v) is 5.42. The van der Waals surface area contributed by atoms with Gasteiger partial charge in [0.25, 0.3) is 0 Å². The number of rotatable bonds is 10. The number of nitrogens with one attached hydrogen (secondary N) is 1. The van der Waals surface area contributed by atoms with Crippen molar-refractivity contribution in [2.75, 3.05) is 0 Å². The Morgan fingerprint density at radius 2 is 1.35 bits per heavy atom. The van der Waals surface area contributed by atoms with Crippen LogP contribution in [0.5, 0.6) is 0 Å². The summed E-state index contributed by atoms with van der Waals surface area (Å²) in [5.41, 5.74) is 0. The first kappa shape index (κ1) is 16.9. The highest BCUT2D eigenvalue weighted by Gasteiger charge is 2.17. The molecule has 2 nitrogen and oxygen atoms in total. The molecule has 0 heterocycles. The summed E-state index contributed by atoms with van der Waals surface area (Å²) in [5, 5.41) is 13.5. The normalized spacial score (nSPS) is 18.7. The first-order valence-corrected chi connectivity index (χ1v) is 7.51. The molecule has 0 saturated carbocycles. The molecule has 4 unspecified atom stereocenters. The van der Waals surface area contributed by atoms with E-state index in [-0.39, 0.29) is 6.10 Å². The molecule has 0 aromatic carbocycles. The minimum Gasteiger partial charge on any atom is -0.393 e. The van der Waals surface area contributed by atoms with Gasteiger partial charge in [-0.15, -0.1) is 0 Å². The predicted molar refractivity (Wildman–Crippen MR) is 76.3 cm³/mol. The van der Waals surface area contributed by atoms with Crippen molar-refractivity contribution in [3.63, 3.8) is 0 Å². The van der Waals surface area contributed by atoms with Crippen molar-refractivity contribution in [3.8, 4) is 0 Å². The van der Waals surface area contributed by atoms with E-state index in [9.17, 15) is 5.11 Å². The van der Waals surface area contributed by atoms with Crippen molar-refractivity contribution in [3.05, 3.63) is 0 Å². The molecule has 0 aliphatic carbocycles. The van der Waals surface area contributed by atoms with Crippen LogP contribution in [-0.4, -0.2) is 23.3 Å². The van der Waals surface area contributed by atoms with Gasteiger partial charge in [0, 0.05) is 12.1 Å². The highest BCUT2D eigenvalue weighted by atomic mass is 16.3. The van der Waals surface area contributed by atoms with Gasteiger partial charge in [-0.05, 0) is 38.0 Å². The third-order valence-electron chi connectivity index (χ3n) is 3.87. The number of hydrogen-bond donors (Lipinski definition) is 2. The van der Waals surface area contributed by atoms with Crippen LogP contribution >= 0.6 is 0 Å². The third kappa shape index (κ3) is 7.77. The Balaban J connectivity index is 4.11. The molecule has 0 aliphatic heterocycles. The lowest BCUT2D eigenvalue weighted by Crippen LogP contribution is -2.40. The SMILES string of the molecule is CCC(C)CC(CC)NC(CC)CC(O)CC. The van der Waals surface area contributed by atoms with E-state index >= 15 is 0 Å². The minimum absolute atomic E-state index is 0.145.